The maximum atomic E-state index is 14.8. The number of hydrogen-bond acceptors (Lipinski definition) is 8. The number of benzene rings is 1. The van der Waals surface area contributed by atoms with Crippen molar-refractivity contribution in [2.24, 2.45) is 34.5 Å². The average Bonchev–Trinajstić information content (AvgIpc) is 3.36. The molecule has 1 unspecified atom stereocenters. The van der Waals surface area contributed by atoms with Crippen LogP contribution in [0.5, 0.6) is 5.75 Å². The second-order valence-electron chi connectivity index (χ2n) is 13.2. The first kappa shape index (κ1) is 26.5. The summed E-state index contributed by atoms with van der Waals surface area (Å²) < 4.78 is 24.1. The molecule has 1 saturated heterocycles. The lowest BCUT2D eigenvalue weighted by molar-refractivity contribution is -0.302. The highest BCUT2D eigenvalue weighted by Gasteiger charge is 2.77. The van der Waals surface area contributed by atoms with Crippen molar-refractivity contribution in [3.05, 3.63) is 47.1 Å². The van der Waals surface area contributed by atoms with Gasteiger partial charge in [0.1, 0.15) is 17.4 Å². The van der Waals surface area contributed by atoms with Crippen molar-refractivity contribution in [2.45, 2.75) is 71.6 Å². The fourth-order valence-corrected chi connectivity index (χ4v) is 8.40. The molecule has 0 radical (unpaired) electrons. The van der Waals surface area contributed by atoms with E-state index in [2.05, 4.69) is 13.8 Å². The monoisotopic (exact) mass is 537 g/mol. The fraction of sp³-hybridized carbons (Fsp3) is 0.613. The van der Waals surface area contributed by atoms with Gasteiger partial charge >= 0.3 is 5.97 Å². The van der Waals surface area contributed by atoms with Crippen molar-refractivity contribution in [1.82, 2.24) is 0 Å². The molecule has 3 N–H and O–H groups in total. The summed E-state index contributed by atoms with van der Waals surface area (Å²) in [5, 5.41) is 13.1. The molecule has 210 valence electrons. The maximum absolute atomic E-state index is 14.8. The first-order valence-corrected chi connectivity index (χ1v) is 13.8. The lowest BCUT2D eigenvalue weighted by atomic mass is 9.59. The molecule has 4 aliphatic carbocycles. The lowest BCUT2D eigenvalue weighted by Gasteiger charge is -2.52. The Morgan fingerprint density at radius 2 is 1.92 bits per heavy atom. The Labute approximate surface area is 229 Å². The Morgan fingerprint density at radius 1 is 1.21 bits per heavy atom. The van der Waals surface area contributed by atoms with Crippen LogP contribution in [0, 0.1) is 34.5 Å². The number of nitrogen functional groups attached to an aromatic ring is 1. The number of ketones is 1. The van der Waals surface area contributed by atoms with Crippen molar-refractivity contribution >= 4 is 17.4 Å². The summed E-state index contributed by atoms with van der Waals surface area (Å²) >= 11 is 0. The van der Waals surface area contributed by atoms with Crippen LogP contribution in [-0.2, 0) is 19.0 Å². The number of carbonyl (C=O) groups excluding carboxylic acids is 2. The first-order chi connectivity index (χ1) is 18.2. The van der Waals surface area contributed by atoms with Gasteiger partial charge in [-0.25, -0.2) is 4.79 Å². The number of hydrogen-bond donors (Lipinski definition) is 2. The van der Waals surface area contributed by atoms with Crippen LogP contribution in [0.2, 0.25) is 0 Å². The molecule has 2 saturated carbocycles. The zero-order chi connectivity index (χ0) is 28.3. The number of fused-ring (bicyclic) bond motifs is 5. The minimum Gasteiger partial charge on any atom is -0.496 e. The van der Waals surface area contributed by atoms with Gasteiger partial charge in [0, 0.05) is 11.6 Å². The molecule has 3 fully saturated rings. The molecule has 8 nitrogen and oxygen atoms in total. The van der Waals surface area contributed by atoms with E-state index in [4.69, 9.17) is 24.7 Å². The van der Waals surface area contributed by atoms with Crippen molar-refractivity contribution in [1.29, 1.82) is 0 Å². The average molecular weight is 538 g/mol. The minimum atomic E-state index is -1.89. The van der Waals surface area contributed by atoms with Gasteiger partial charge in [-0.15, -0.1) is 0 Å². The molecule has 1 heterocycles. The Bertz CT molecular complexity index is 1330. The normalized spacial score (nSPS) is 41.1. The van der Waals surface area contributed by atoms with Crippen LogP contribution < -0.4 is 10.5 Å². The largest absolute Gasteiger partial charge is 0.496 e. The van der Waals surface area contributed by atoms with Crippen molar-refractivity contribution in [3.8, 4) is 5.75 Å². The Kier molecular flexibility index (Phi) is 5.57. The molecule has 5 aliphatic rings. The third-order valence-electron chi connectivity index (χ3n) is 10.4. The van der Waals surface area contributed by atoms with E-state index in [-0.39, 0.29) is 46.6 Å². The van der Waals surface area contributed by atoms with Crippen LogP contribution >= 0.6 is 0 Å². The number of ether oxygens (including phenoxy) is 4. The highest BCUT2D eigenvalue weighted by molar-refractivity contribution is 5.99. The van der Waals surface area contributed by atoms with Gasteiger partial charge in [0.15, 0.2) is 23.3 Å². The Hall–Kier alpha value is -2.68. The predicted octanol–water partition coefficient (Wildman–Crippen LogP) is 4.07. The number of methoxy groups -OCH3 is 1. The van der Waals surface area contributed by atoms with Gasteiger partial charge in [-0.1, -0.05) is 39.0 Å². The van der Waals surface area contributed by atoms with Gasteiger partial charge in [-0.3, -0.25) is 4.79 Å². The Morgan fingerprint density at radius 3 is 2.62 bits per heavy atom. The van der Waals surface area contributed by atoms with Crippen LogP contribution in [-0.4, -0.2) is 54.2 Å². The Balaban J connectivity index is 1.52. The van der Waals surface area contributed by atoms with Crippen LogP contribution in [0.25, 0.3) is 0 Å². The van der Waals surface area contributed by atoms with Crippen molar-refractivity contribution in [3.63, 3.8) is 0 Å². The van der Waals surface area contributed by atoms with E-state index < -0.39 is 40.9 Å². The summed E-state index contributed by atoms with van der Waals surface area (Å²) in [6.45, 7) is 12.1. The molecule has 1 aliphatic heterocycles. The topological polar surface area (TPSA) is 117 Å². The van der Waals surface area contributed by atoms with E-state index >= 15 is 0 Å². The second kappa shape index (κ2) is 8.18. The quantitative estimate of drug-likeness (QED) is 0.337. The number of rotatable bonds is 3. The number of aliphatic hydroxyl groups is 1. The number of allylic oxidation sites excluding steroid dienone is 1. The number of Topliss-reactive ketones (excluding diaryl/α,β-unsaturated/α-hetero) is 1. The molecular weight excluding hydrogens is 498 g/mol. The van der Waals surface area contributed by atoms with E-state index in [1.54, 1.807) is 32.0 Å². The summed E-state index contributed by atoms with van der Waals surface area (Å²) in [4.78, 5) is 28.5. The van der Waals surface area contributed by atoms with E-state index in [0.29, 0.717) is 17.1 Å². The van der Waals surface area contributed by atoms with Crippen LogP contribution in [0.3, 0.4) is 0 Å². The summed E-state index contributed by atoms with van der Waals surface area (Å²) in [7, 11) is 1.45. The molecule has 8 atom stereocenters. The van der Waals surface area contributed by atoms with E-state index in [1.165, 1.54) is 7.11 Å². The van der Waals surface area contributed by atoms with E-state index in [9.17, 15) is 14.7 Å². The van der Waals surface area contributed by atoms with E-state index in [0.717, 1.165) is 6.42 Å². The third kappa shape index (κ3) is 3.34. The molecular formula is C31H39NO7. The van der Waals surface area contributed by atoms with Gasteiger partial charge < -0.3 is 29.8 Å². The highest BCUT2D eigenvalue weighted by Crippen LogP contribution is 2.72. The summed E-state index contributed by atoms with van der Waals surface area (Å²) in [5.74, 6) is -1.60. The number of carbonyl (C=O) groups is 2. The molecule has 1 aromatic rings. The molecule has 6 rings (SSSR count). The zero-order valence-electron chi connectivity index (χ0n) is 23.7. The summed E-state index contributed by atoms with van der Waals surface area (Å²) in [6, 6.07) is 4.92. The lowest BCUT2D eigenvalue weighted by Crippen LogP contribution is -2.68. The van der Waals surface area contributed by atoms with Gasteiger partial charge in [0.25, 0.3) is 0 Å². The summed E-state index contributed by atoms with van der Waals surface area (Å²) in [6.07, 6.45) is 2.57. The molecule has 39 heavy (non-hydrogen) atoms. The standard InChI is InChI=1S/C31H39NO7/c1-15-13-30-16(2)11-19-23(28(19,3)4)18(24(30)33)12-17-14-37-29(5,6)39-26(17)31(30,35)25(15)38-27(34)22-20(32)9-8-10-21(22)36-7/h8-10,12-13,16,18-19,23,25-26,35H,11,14,32H2,1-7H3/t16-,18+,19-,23?,25+,26-,30+,31-/m1/s1. The van der Waals surface area contributed by atoms with Gasteiger partial charge in [0.05, 0.1) is 19.1 Å². The number of anilines is 1. The van der Waals surface area contributed by atoms with Crippen LogP contribution in [0.1, 0.15) is 58.3 Å². The molecule has 1 spiro atoms. The van der Waals surface area contributed by atoms with Crippen LogP contribution in [0.15, 0.2) is 41.5 Å². The van der Waals surface area contributed by atoms with Gasteiger partial charge in [-0.2, -0.15) is 0 Å². The SMILES string of the molecule is COc1cccc(N)c1C(=O)O[C@H]1C(C)=C[C@]23C(=O)[C@@H](C=C4COC(C)(C)O[C@H]4[C@]12O)C1[C@@H](C[C@H]3C)C1(C)C. The summed E-state index contributed by atoms with van der Waals surface area (Å²) in [5.41, 5.74) is 4.60. The molecule has 1 aromatic carbocycles. The maximum Gasteiger partial charge on any atom is 0.344 e. The third-order valence-corrected chi connectivity index (χ3v) is 10.4. The van der Waals surface area contributed by atoms with Crippen LogP contribution in [0.4, 0.5) is 5.69 Å². The smallest absolute Gasteiger partial charge is 0.344 e. The van der Waals surface area contributed by atoms with Crippen molar-refractivity contribution in [2.75, 3.05) is 19.5 Å². The van der Waals surface area contributed by atoms with E-state index in [1.807, 2.05) is 26.0 Å². The predicted molar refractivity (Wildman–Crippen MR) is 144 cm³/mol. The number of nitrogens with two attached hydrogens (primary N) is 1. The fourth-order valence-electron chi connectivity index (χ4n) is 8.40. The van der Waals surface area contributed by atoms with Gasteiger partial charge in [-0.05, 0) is 73.6 Å². The van der Waals surface area contributed by atoms with Crippen molar-refractivity contribution < 1.29 is 33.6 Å². The number of esters is 1. The zero-order valence-corrected chi connectivity index (χ0v) is 23.7. The first-order valence-electron chi connectivity index (χ1n) is 13.8. The molecule has 0 aromatic heterocycles. The molecule has 0 amide bonds. The molecule has 2 bridgehead atoms. The minimum absolute atomic E-state index is 0.0193. The second-order valence-corrected chi connectivity index (χ2v) is 13.2. The highest BCUT2D eigenvalue weighted by atomic mass is 16.7. The van der Waals surface area contributed by atoms with Gasteiger partial charge in [0.2, 0.25) is 0 Å². The molecule has 8 heteroatoms.